The minimum atomic E-state index is -3.53. The van der Waals surface area contributed by atoms with Gasteiger partial charge in [-0.15, -0.1) is 0 Å². The fourth-order valence-corrected chi connectivity index (χ4v) is 3.41. The number of nitrogens with one attached hydrogen (secondary N) is 1. The highest BCUT2D eigenvalue weighted by molar-refractivity contribution is 7.92. The minimum Gasteiger partial charge on any atom is -0.326 e. The summed E-state index contributed by atoms with van der Waals surface area (Å²) in [6.07, 6.45) is 1.10. The summed E-state index contributed by atoms with van der Waals surface area (Å²) in [6.45, 7) is 3.78. The minimum absolute atomic E-state index is 0.0160. The molecule has 2 aromatic rings. The van der Waals surface area contributed by atoms with Crippen molar-refractivity contribution in [3.63, 3.8) is 0 Å². The second-order valence-corrected chi connectivity index (χ2v) is 7.77. The van der Waals surface area contributed by atoms with Crippen molar-refractivity contribution in [3.8, 4) is 0 Å². The van der Waals surface area contributed by atoms with E-state index in [4.69, 9.17) is 0 Å². The summed E-state index contributed by atoms with van der Waals surface area (Å²) in [5, 5.41) is 2.63. The van der Waals surface area contributed by atoms with E-state index in [0.717, 1.165) is 17.4 Å². The molecule has 0 saturated heterocycles. The molecular weight excluding hydrogens is 343 g/mol. The molecule has 2 rings (SSSR count). The van der Waals surface area contributed by atoms with E-state index in [1.165, 1.54) is 28.6 Å². The molecule has 0 radical (unpaired) electrons. The SMILES string of the molecule is Cc1cccc(N(CCC(=O)Nc2ccc(F)cc2)S(C)(=O)=O)c1C. The molecule has 0 saturated carbocycles. The average molecular weight is 364 g/mol. The van der Waals surface area contributed by atoms with Gasteiger partial charge in [0.15, 0.2) is 0 Å². The number of sulfonamides is 1. The van der Waals surface area contributed by atoms with Crippen LogP contribution in [0.3, 0.4) is 0 Å². The van der Waals surface area contributed by atoms with Crippen LogP contribution in [0, 0.1) is 19.7 Å². The number of hydrogen-bond acceptors (Lipinski definition) is 3. The highest BCUT2D eigenvalue weighted by atomic mass is 32.2. The van der Waals surface area contributed by atoms with Gasteiger partial charge in [0, 0.05) is 18.7 Å². The highest BCUT2D eigenvalue weighted by Gasteiger charge is 2.20. The van der Waals surface area contributed by atoms with E-state index in [2.05, 4.69) is 5.32 Å². The summed E-state index contributed by atoms with van der Waals surface area (Å²) in [4.78, 5) is 12.1. The van der Waals surface area contributed by atoms with Gasteiger partial charge in [0.05, 0.1) is 11.9 Å². The van der Waals surface area contributed by atoms with Crippen LogP contribution in [0.15, 0.2) is 42.5 Å². The quantitative estimate of drug-likeness (QED) is 0.856. The third-order valence-corrected chi connectivity index (χ3v) is 5.09. The van der Waals surface area contributed by atoms with Crippen LogP contribution in [-0.4, -0.2) is 27.1 Å². The summed E-state index contributed by atoms with van der Waals surface area (Å²) in [5.41, 5.74) is 2.86. The van der Waals surface area contributed by atoms with Crippen LogP contribution in [0.1, 0.15) is 17.5 Å². The molecule has 0 aliphatic rings. The number of carbonyl (C=O) groups is 1. The van der Waals surface area contributed by atoms with E-state index in [9.17, 15) is 17.6 Å². The Kier molecular flexibility index (Phi) is 5.79. The van der Waals surface area contributed by atoms with Crippen molar-refractivity contribution < 1.29 is 17.6 Å². The van der Waals surface area contributed by atoms with E-state index in [1.807, 2.05) is 19.9 Å². The van der Waals surface area contributed by atoms with Crippen LogP contribution in [0.2, 0.25) is 0 Å². The molecule has 1 amide bonds. The summed E-state index contributed by atoms with van der Waals surface area (Å²) in [6, 6.07) is 10.8. The molecule has 1 N–H and O–H groups in total. The molecule has 0 fully saturated rings. The fourth-order valence-electron chi connectivity index (χ4n) is 2.43. The van der Waals surface area contributed by atoms with Crippen LogP contribution in [0.4, 0.5) is 15.8 Å². The maximum absolute atomic E-state index is 12.9. The first-order chi connectivity index (χ1) is 11.7. The Bertz CT molecular complexity index is 864. The highest BCUT2D eigenvalue weighted by Crippen LogP contribution is 2.25. The third-order valence-electron chi connectivity index (χ3n) is 3.91. The average Bonchev–Trinajstić information content (AvgIpc) is 2.52. The molecule has 134 valence electrons. The van der Waals surface area contributed by atoms with Crippen molar-refractivity contribution in [1.82, 2.24) is 0 Å². The van der Waals surface area contributed by atoms with Crippen molar-refractivity contribution in [2.24, 2.45) is 0 Å². The monoisotopic (exact) mass is 364 g/mol. The van der Waals surface area contributed by atoms with Gasteiger partial charge in [-0.1, -0.05) is 12.1 Å². The van der Waals surface area contributed by atoms with Crippen molar-refractivity contribution in [2.45, 2.75) is 20.3 Å². The third kappa shape index (κ3) is 5.03. The van der Waals surface area contributed by atoms with Gasteiger partial charge in [-0.2, -0.15) is 0 Å². The van der Waals surface area contributed by atoms with E-state index < -0.39 is 15.8 Å². The lowest BCUT2D eigenvalue weighted by atomic mass is 10.1. The van der Waals surface area contributed by atoms with Crippen LogP contribution in [-0.2, 0) is 14.8 Å². The van der Waals surface area contributed by atoms with E-state index in [0.29, 0.717) is 11.4 Å². The number of benzene rings is 2. The van der Waals surface area contributed by atoms with Crippen LogP contribution in [0.5, 0.6) is 0 Å². The number of hydrogen-bond donors (Lipinski definition) is 1. The smallest absolute Gasteiger partial charge is 0.232 e. The predicted octanol–water partition coefficient (Wildman–Crippen LogP) is 3.24. The lowest BCUT2D eigenvalue weighted by Crippen LogP contribution is -2.33. The second-order valence-electron chi connectivity index (χ2n) is 5.86. The number of carbonyl (C=O) groups excluding carboxylic acids is 1. The zero-order chi connectivity index (χ0) is 18.6. The Morgan fingerprint density at radius 3 is 2.36 bits per heavy atom. The van der Waals surface area contributed by atoms with E-state index >= 15 is 0 Å². The number of aryl methyl sites for hydroxylation is 1. The maximum atomic E-state index is 12.9. The number of amides is 1. The molecule has 0 aliphatic heterocycles. The van der Waals surface area contributed by atoms with E-state index in [1.54, 1.807) is 12.1 Å². The first-order valence-corrected chi connectivity index (χ1v) is 9.62. The van der Waals surface area contributed by atoms with Gasteiger partial charge in [-0.05, 0) is 55.3 Å². The summed E-state index contributed by atoms with van der Waals surface area (Å²) < 4.78 is 38.4. The number of nitrogens with zero attached hydrogens (tertiary/aromatic N) is 1. The molecule has 5 nitrogen and oxygen atoms in total. The molecule has 0 bridgehead atoms. The number of halogens is 1. The molecule has 25 heavy (non-hydrogen) atoms. The Morgan fingerprint density at radius 2 is 1.76 bits per heavy atom. The van der Waals surface area contributed by atoms with Gasteiger partial charge in [-0.25, -0.2) is 12.8 Å². The van der Waals surface area contributed by atoms with Crippen molar-refractivity contribution in [1.29, 1.82) is 0 Å². The van der Waals surface area contributed by atoms with Gasteiger partial charge < -0.3 is 5.32 Å². The molecule has 7 heteroatoms. The first kappa shape index (κ1) is 18.9. The second kappa shape index (κ2) is 7.65. The van der Waals surface area contributed by atoms with Crippen LogP contribution >= 0.6 is 0 Å². The largest absolute Gasteiger partial charge is 0.326 e. The van der Waals surface area contributed by atoms with Gasteiger partial charge >= 0.3 is 0 Å². The zero-order valence-corrected chi connectivity index (χ0v) is 15.2. The maximum Gasteiger partial charge on any atom is 0.232 e. The van der Waals surface area contributed by atoms with Gasteiger partial charge in [-0.3, -0.25) is 9.10 Å². The van der Waals surface area contributed by atoms with Crippen LogP contribution in [0.25, 0.3) is 0 Å². The summed E-state index contributed by atoms with van der Waals surface area (Å²) >= 11 is 0. The Morgan fingerprint density at radius 1 is 1.12 bits per heavy atom. The predicted molar refractivity (Wildman–Crippen MR) is 97.8 cm³/mol. The summed E-state index contributed by atoms with van der Waals surface area (Å²) in [7, 11) is -3.53. The Labute approximate surface area is 147 Å². The molecule has 0 aliphatic carbocycles. The molecular formula is C18H21FN2O3S. The fraction of sp³-hybridized carbons (Fsp3) is 0.278. The zero-order valence-electron chi connectivity index (χ0n) is 14.4. The van der Waals surface area contributed by atoms with Crippen molar-refractivity contribution in [3.05, 3.63) is 59.4 Å². The Balaban J connectivity index is 2.12. The van der Waals surface area contributed by atoms with Crippen LogP contribution < -0.4 is 9.62 Å². The van der Waals surface area contributed by atoms with Gasteiger partial charge in [0.25, 0.3) is 0 Å². The molecule has 0 unspecified atom stereocenters. The molecule has 0 heterocycles. The lowest BCUT2D eigenvalue weighted by molar-refractivity contribution is -0.116. The topological polar surface area (TPSA) is 66.5 Å². The molecule has 0 aromatic heterocycles. The van der Waals surface area contributed by atoms with Crippen molar-refractivity contribution in [2.75, 3.05) is 22.4 Å². The van der Waals surface area contributed by atoms with Gasteiger partial charge in [0.2, 0.25) is 15.9 Å². The Hall–Kier alpha value is -2.41. The molecule has 2 aromatic carbocycles. The normalized spacial score (nSPS) is 11.2. The first-order valence-electron chi connectivity index (χ1n) is 7.78. The van der Waals surface area contributed by atoms with E-state index in [-0.39, 0.29) is 18.9 Å². The molecule has 0 atom stereocenters. The lowest BCUT2D eigenvalue weighted by Gasteiger charge is -2.24. The number of anilines is 2. The summed E-state index contributed by atoms with van der Waals surface area (Å²) in [5.74, 6) is -0.735. The standard InChI is InChI=1S/C18H21FN2O3S/c1-13-5-4-6-17(14(13)2)21(25(3,23)24)12-11-18(22)20-16-9-7-15(19)8-10-16/h4-10H,11-12H2,1-3H3,(H,20,22). The van der Waals surface area contributed by atoms with Crippen molar-refractivity contribution >= 4 is 27.3 Å². The molecule has 0 spiro atoms. The van der Waals surface area contributed by atoms with Gasteiger partial charge in [0.1, 0.15) is 5.82 Å². The number of rotatable bonds is 6.